The predicted molar refractivity (Wildman–Crippen MR) is 109 cm³/mol. The van der Waals surface area contributed by atoms with Crippen LogP contribution in [0.1, 0.15) is 27.7 Å². The number of rotatable bonds is 7. The second-order valence-corrected chi connectivity index (χ2v) is 7.32. The Labute approximate surface area is 170 Å². The van der Waals surface area contributed by atoms with Crippen molar-refractivity contribution in [1.29, 1.82) is 0 Å². The summed E-state index contributed by atoms with van der Waals surface area (Å²) in [6.45, 7) is 1.25. The summed E-state index contributed by atoms with van der Waals surface area (Å²) in [5.41, 5.74) is 1.68. The van der Waals surface area contributed by atoms with Gasteiger partial charge in [-0.3, -0.25) is 9.59 Å². The van der Waals surface area contributed by atoms with Crippen molar-refractivity contribution in [2.24, 2.45) is 0 Å². The van der Waals surface area contributed by atoms with E-state index in [9.17, 15) is 24.9 Å². The average Bonchev–Trinajstić information content (AvgIpc) is 3.25. The Morgan fingerprint density at radius 3 is 2.76 bits per heavy atom. The third-order valence-electron chi connectivity index (χ3n) is 4.37. The Hall–Kier alpha value is -3.01. The highest BCUT2D eigenvalue weighted by atomic mass is 32.1. The molecule has 5 N–H and O–H groups in total. The molecule has 3 rings (SSSR count). The number of thiophene rings is 1. The van der Waals surface area contributed by atoms with Crippen LogP contribution in [-0.2, 0) is 4.79 Å². The molecule has 2 atom stereocenters. The minimum atomic E-state index is -1.35. The topological polar surface area (TPSA) is 132 Å². The smallest absolute Gasteiger partial charge is 0.253 e. The fourth-order valence-corrected chi connectivity index (χ4v) is 3.56. The number of aryl methyl sites for hydroxylation is 1. The Bertz CT molecular complexity index is 1020. The van der Waals surface area contributed by atoms with E-state index in [2.05, 4.69) is 15.6 Å². The largest absolute Gasteiger partial charge is 0.506 e. The number of carbonyl (C=O) groups is 2. The quantitative estimate of drug-likeness (QED) is 0.395. The average molecular weight is 415 g/mol. The van der Waals surface area contributed by atoms with E-state index in [4.69, 9.17) is 0 Å². The Kier molecular flexibility index (Phi) is 6.42. The number of aromatic nitrogens is 1. The van der Waals surface area contributed by atoms with Crippen LogP contribution in [0.4, 0.5) is 0 Å². The Morgan fingerprint density at radius 2 is 2.07 bits per heavy atom. The van der Waals surface area contributed by atoms with E-state index >= 15 is 0 Å². The molecule has 29 heavy (non-hydrogen) atoms. The van der Waals surface area contributed by atoms with Gasteiger partial charge >= 0.3 is 0 Å². The lowest BCUT2D eigenvalue weighted by Gasteiger charge is -2.19. The van der Waals surface area contributed by atoms with Crippen LogP contribution in [0, 0.1) is 6.92 Å². The first-order chi connectivity index (χ1) is 13.9. The van der Waals surface area contributed by atoms with Crippen molar-refractivity contribution in [3.8, 4) is 5.75 Å². The zero-order valence-corrected chi connectivity index (χ0v) is 16.4. The van der Waals surface area contributed by atoms with Crippen LogP contribution in [0.25, 0.3) is 10.9 Å². The number of pyridine rings is 1. The number of phenolic OH excluding ortho intramolecular Hbond substituents is 1. The lowest BCUT2D eigenvalue weighted by molar-refractivity contribution is -0.130. The molecule has 3 aromatic rings. The van der Waals surface area contributed by atoms with Gasteiger partial charge in [0.25, 0.3) is 11.8 Å². The second-order valence-electron chi connectivity index (χ2n) is 6.54. The highest BCUT2D eigenvalue weighted by Gasteiger charge is 2.22. The van der Waals surface area contributed by atoms with Crippen LogP contribution in [0.5, 0.6) is 5.75 Å². The molecule has 0 spiro atoms. The van der Waals surface area contributed by atoms with E-state index < -0.39 is 30.6 Å². The molecule has 2 aromatic heterocycles. The summed E-state index contributed by atoms with van der Waals surface area (Å²) in [4.78, 5) is 29.1. The van der Waals surface area contributed by atoms with E-state index in [0.29, 0.717) is 27.7 Å². The SMILES string of the molecule is Cc1cc(C(=O)NC[C@H](CO)NC(=O)[C@@H](O)c2ccsc2)c2cccc(O)c2n1. The third-order valence-corrected chi connectivity index (χ3v) is 5.08. The van der Waals surface area contributed by atoms with Gasteiger partial charge in [0.2, 0.25) is 0 Å². The second kappa shape index (κ2) is 8.99. The zero-order chi connectivity index (χ0) is 21.0. The number of nitrogens with one attached hydrogen (secondary N) is 2. The van der Waals surface area contributed by atoms with Crippen LogP contribution >= 0.6 is 11.3 Å². The van der Waals surface area contributed by atoms with Crippen molar-refractivity contribution >= 4 is 34.1 Å². The number of phenols is 1. The minimum absolute atomic E-state index is 0.0248. The van der Waals surface area contributed by atoms with Gasteiger partial charge in [0, 0.05) is 23.2 Å². The molecule has 0 radical (unpaired) electrons. The molecule has 1 aromatic carbocycles. The first-order valence-corrected chi connectivity index (χ1v) is 9.84. The number of carbonyl (C=O) groups excluding carboxylic acids is 2. The van der Waals surface area contributed by atoms with Gasteiger partial charge in [-0.1, -0.05) is 12.1 Å². The fourth-order valence-electron chi connectivity index (χ4n) is 2.88. The van der Waals surface area contributed by atoms with Gasteiger partial charge < -0.3 is 26.0 Å². The molecular formula is C20H21N3O5S. The summed E-state index contributed by atoms with van der Waals surface area (Å²) >= 11 is 1.36. The molecule has 0 bridgehead atoms. The van der Waals surface area contributed by atoms with Gasteiger partial charge in [-0.15, -0.1) is 0 Å². The molecule has 9 heteroatoms. The number of nitrogens with zero attached hydrogens (tertiary/aromatic N) is 1. The molecule has 152 valence electrons. The molecule has 0 aliphatic carbocycles. The van der Waals surface area contributed by atoms with Crippen LogP contribution in [-0.4, -0.2) is 51.3 Å². The van der Waals surface area contributed by atoms with Gasteiger partial charge in [-0.2, -0.15) is 11.3 Å². The first kappa shape index (κ1) is 20.7. The van der Waals surface area contributed by atoms with Gasteiger partial charge in [0.05, 0.1) is 18.2 Å². The maximum atomic E-state index is 12.7. The van der Waals surface area contributed by atoms with E-state index in [0.717, 1.165) is 0 Å². The summed E-state index contributed by atoms with van der Waals surface area (Å²) in [5, 5.41) is 38.6. The summed E-state index contributed by atoms with van der Waals surface area (Å²) in [6.07, 6.45) is -1.35. The summed E-state index contributed by atoms with van der Waals surface area (Å²) < 4.78 is 0. The van der Waals surface area contributed by atoms with Gasteiger partial charge in [-0.25, -0.2) is 4.98 Å². The monoisotopic (exact) mass is 415 g/mol. The first-order valence-electron chi connectivity index (χ1n) is 8.89. The molecule has 2 heterocycles. The van der Waals surface area contributed by atoms with Crippen molar-refractivity contribution in [2.45, 2.75) is 19.1 Å². The molecular weight excluding hydrogens is 394 g/mol. The number of hydrogen-bond acceptors (Lipinski definition) is 7. The number of fused-ring (bicyclic) bond motifs is 1. The fraction of sp³-hybridized carbons (Fsp3) is 0.250. The summed E-state index contributed by atoms with van der Waals surface area (Å²) in [6, 6.07) is 7.25. The molecule has 0 unspecified atom stereocenters. The third kappa shape index (κ3) is 4.70. The van der Waals surface area contributed by atoms with Crippen LogP contribution < -0.4 is 10.6 Å². The molecule has 0 saturated carbocycles. The molecule has 0 fully saturated rings. The zero-order valence-electron chi connectivity index (χ0n) is 15.6. The maximum absolute atomic E-state index is 12.7. The lowest BCUT2D eigenvalue weighted by Crippen LogP contribution is -2.47. The van der Waals surface area contributed by atoms with Gasteiger partial charge in [0.1, 0.15) is 11.3 Å². The number of para-hydroxylation sites is 1. The highest BCUT2D eigenvalue weighted by molar-refractivity contribution is 7.08. The van der Waals surface area contributed by atoms with Gasteiger partial charge in [0.15, 0.2) is 6.10 Å². The van der Waals surface area contributed by atoms with Crippen LogP contribution in [0.2, 0.25) is 0 Å². The number of aliphatic hydroxyl groups is 2. The Morgan fingerprint density at radius 1 is 1.28 bits per heavy atom. The Balaban J connectivity index is 1.68. The summed E-state index contributed by atoms with van der Waals surface area (Å²) in [5.74, 6) is -1.12. The van der Waals surface area contributed by atoms with E-state index in [1.807, 2.05) is 0 Å². The van der Waals surface area contributed by atoms with Crippen molar-refractivity contribution < 1.29 is 24.9 Å². The number of benzene rings is 1. The molecule has 8 nitrogen and oxygen atoms in total. The van der Waals surface area contributed by atoms with Gasteiger partial charge in [-0.05, 0) is 35.9 Å². The summed E-state index contributed by atoms with van der Waals surface area (Å²) in [7, 11) is 0. The number of aromatic hydroxyl groups is 1. The van der Waals surface area contributed by atoms with Crippen molar-refractivity contribution in [3.63, 3.8) is 0 Å². The van der Waals surface area contributed by atoms with Crippen molar-refractivity contribution in [1.82, 2.24) is 15.6 Å². The predicted octanol–water partition coefficient (Wildman–Crippen LogP) is 1.25. The lowest BCUT2D eigenvalue weighted by atomic mass is 10.1. The highest BCUT2D eigenvalue weighted by Crippen LogP contribution is 2.26. The standard InChI is InChI=1S/C20H21N3O5S/c1-11-7-15(14-3-2-4-16(25)17(14)22-11)19(27)21-8-13(9-24)23-20(28)18(26)12-5-6-29-10-12/h2-7,10,13,18,24-26H,8-9H2,1H3,(H,21,27)(H,23,28)/t13-,18+/m1/s1. The van der Waals surface area contributed by atoms with E-state index in [-0.39, 0.29) is 12.3 Å². The van der Waals surface area contributed by atoms with Crippen molar-refractivity contribution in [2.75, 3.05) is 13.2 Å². The molecule has 0 aliphatic rings. The number of hydrogen-bond donors (Lipinski definition) is 5. The van der Waals surface area contributed by atoms with E-state index in [1.165, 1.54) is 17.4 Å². The number of aliphatic hydroxyl groups excluding tert-OH is 2. The van der Waals surface area contributed by atoms with Crippen LogP contribution in [0.3, 0.4) is 0 Å². The normalized spacial score (nSPS) is 13.1. The van der Waals surface area contributed by atoms with Crippen LogP contribution in [0.15, 0.2) is 41.1 Å². The van der Waals surface area contributed by atoms with Crippen molar-refractivity contribution in [3.05, 3.63) is 57.9 Å². The number of amides is 2. The molecule has 2 amide bonds. The molecule has 0 saturated heterocycles. The van der Waals surface area contributed by atoms with E-state index in [1.54, 1.807) is 41.9 Å². The minimum Gasteiger partial charge on any atom is -0.506 e. The molecule has 0 aliphatic heterocycles. The maximum Gasteiger partial charge on any atom is 0.253 e.